The van der Waals surface area contributed by atoms with Gasteiger partial charge in [-0.2, -0.15) is 0 Å². The quantitative estimate of drug-likeness (QED) is 0.189. The minimum absolute atomic E-state index is 0.0172. The van der Waals surface area contributed by atoms with Crippen LogP contribution in [0, 0.1) is 0 Å². The summed E-state index contributed by atoms with van der Waals surface area (Å²) in [6.07, 6.45) is -2.72. The van der Waals surface area contributed by atoms with Gasteiger partial charge < -0.3 is 34.4 Å². The first-order valence-corrected chi connectivity index (χ1v) is 15.5. The molecule has 13 heteroatoms. The van der Waals surface area contributed by atoms with Crippen molar-refractivity contribution >= 4 is 33.7 Å². The van der Waals surface area contributed by atoms with E-state index in [0.717, 1.165) is 0 Å². The highest BCUT2D eigenvalue weighted by Gasteiger charge is 2.59. The SMILES string of the molecule is [B][C@@H]1OC(CC(C)(C)OP(O)(=S)C(CC)(CC)C(C)(C)OP(=O)(O)C(C)(O)CC)[C@@H](O)[C@H]1O. The van der Waals surface area contributed by atoms with Crippen LogP contribution in [0.5, 0.6) is 0 Å². The molecule has 1 aliphatic heterocycles. The fourth-order valence-electron chi connectivity index (χ4n) is 4.42. The van der Waals surface area contributed by atoms with Crippen LogP contribution in [0.2, 0.25) is 0 Å². The van der Waals surface area contributed by atoms with E-state index in [2.05, 4.69) is 0 Å². The lowest BCUT2D eigenvalue weighted by molar-refractivity contribution is -0.0328. The zero-order valence-electron chi connectivity index (χ0n) is 20.9. The lowest BCUT2D eigenvalue weighted by Gasteiger charge is -2.52. The molecule has 0 amide bonds. The van der Waals surface area contributed by atoms with Crippen molar-refractivity contribution in [2.75, 3.05) is 0 Å². The Hall–Kier alpha value is 0.625. The predicted octanol–water partition coefficient (Wildman–Crippen LogP) is 2.75. The first-order chi connectivity index (χ1) is 14.7. The minimum Gasteiger partial charge on any atom is -0.388 e. The van der Waals surface area contributed by atoms with E-state index in [9.17, 15) is 29.7 Å². The number of aliphatic hydroxyl groups excluding tert-OH is 2. The Labute approximate surface area is 204 Å². The Bertz CT molecular complexity index is 773. The van der Waals surface area contributed by atoms with Crippen LogP contribution in [-0.4, -0.2) is 79.0 Å². The summed E-state index contributed by atoms with van der Waals surface area (Å²) in [4.78, 5) is 22.2. The highest BCUT2D eigenvalue weighted by atomic mass is 32.5. The van der Waals surface area contributed by atoms with E-state index in [1.54, 1.807) is 48.5 Å². The number of hydrogen-bond donors (Lipinski definition) is 5. The summed E-state index contributed by atoms with van der Waals surface area (Å²) in [6.45, 7) is 9.03. The Morgan fingerprint density at radius 1 is 0.970 bits per heavy atom. The summed E-state index contributed by atoms with van der Waals surface area (Å²) in [5.74, 6) is 0. The van der Waals surface area contributed by atoms with E-state index in [1.165, 1.54) is 6.92 Å². The standard InChI is InChI=1S/C20H41BO9P2S/c1-9-19(8,24)31(25,26)30-18(6,7)20(10-2,11-3)32(27,33)29-17(4,5)12-13-14(22)15(23)16(21)28-13/h13-16,22-24H,9-12H2,1-8H3,(H,25,26)(H,27,33)/t13?,14-,15-,16-,19?,32?/m1/s1. The minimum atomic E-state index is -4.54. The molecule has 0 aliphatic carbocycles. The van der Waals surface area contributed by atoms with Gasteiger partial charge in [-0.15, -0.1) is 0 Å². The lowest BCUT2D eigenvalue weighted by atomic mass is 9.85. The van der Waals surface area contributed by atoms with Gasteiger partial charge in [0.2, 0.25) is 0 Å². The molecular formula is C20H41BO9P2S. The van der Waals surface area contributed by atoms with E-state index in [1.807, 2.05) is 0 Å². The zero-order chi connectivity index (χ0) is 26.3. The van der Waals surface area contributed by atoms with E-state index in [-0.39, 0.29) is 25.7 Å². The first-order valence-electron chi connectivity index (χ1n) is 11.2. The molecule has 1 rings (SSSR count). The number of ether oxygens (including phenoxy) is 1. The molecule has 1 aliphatic rings. The molecule has 194 valence electrons. The third-order valence-corrected chi connectivity index (χ3v) is 13.4. The third-order valence-electron chi connectivity index (χ3n) is 6.92. The molecule has 0 bridgehead atoms. The van der Waals surface area contributed by atoms with Crippen LogP contribution < -0.4 is 0 Å². The molecule has 33 heavy (non-hydrogen) atoms. The first kappa shape index (κ1) is 31.7. The van der Waals surface area contributed by atoms with Crippen molar-refractivity contribution in [3.63, 3.8) is 0 Å². The molecular weight excluding hydrogens is 489 g/mol. The molecule has 1 heterocycles. The van der Waals surface area contributed by atoms with Crippen LogP contribution in [0.1, 0.15) is 81.1 Å². The predicted molar refractivity (Wildman–Crippen MR) is 132 cm³/mol. The van der Waals surface area contributed by atoms with Crippen LogP contribution in [0.15, 0.2) is 0 Å². The summed E-state index contributed by atoms with van der Waals surface area (Å²) in [7, 11) is 1.12. The van der Waals surface area contributed by atoms with Gasteiger partial charge in [-0.1, -0.05) is 20.8 Å². The second-order valence-corrected chi connectivity index (χ2v) is 15.9. The van der Waals surface area contributed by atoms with Gasteiger partial charge in [-0.25, -0.2) is 0 Å². The van der Waals surface area contributed by atoms with Crippen molar-refractivity contribution < 1.29 is 43.5 Å². The number of hydrogen-bond acceptors (Lipinski definition) is 8. The molecule has 4 unspecified atom stereocenters. The molecule has 7 atom stereocenters. The Kier molecular flexibility index (Phi) is 10.1. The largest absolute Gasteiger partial charge is 0.388 e. The summed E-state index contributed by atoms with van der Waals surface area (Å²) in [5, 5.41) is 27.3. The van der Waals surface area contributed by atoms with Gasteiger partial charge in [-0.3, -0.25) is 9.09 Å². The molecule has 0 aromatic heterocycles. The Morgan fingerprint density at radius 3 is 1.82 bits per heavy atom. The van der Waals surface area contributed by atoms with Crippen LogP contribution in [0.3, 0.4) is 0 Å². The van der Waals surface area contributed by atoms with Crippen LogP contribution >= 0.6 is 14.1 Å². The van der Waals surface area contributed by atoms with Gasteiger partial charge in [0.25, 0.3) is 0 Å². The fourth-order valence-corrected chi connectivity index (χ4v) is 10.4. The van der Waals surface area contributed by atoms with Gasteiger partial charge >= 0.3 is 7.60 Å². The Morgan fingerprint density at radius 2 is 1.45 bits per heavy atom. The van der Waals surface area contributed by atoms with Crippen LogP contribution in [0.4, 0.5) is 0 Å². The average Bonchev–Trinajstić information content (AvgIpc) is 2.86. The highest BCUT2D eigenvalue weighted by Crippen LogP contribution is 2.69. The molecule has 0 spiro atoms. The van der Waals surface area contributed by atoms with Crippen molar-refractivity contribution in [3.05, 3.63) is 0 Å². The van der Waals surface area contributed by atoms with E-state index < -0.39 is 60.1 Å². The maximum absolute atomic E-state index is 13.0. The maximum atomic E-state index is 13.0. The van der Waals surface area contributed by atoms with Gasteiger partial charge in [-0.05, 0) is 65.7 Å². The maximum Gasteiger partial charge on any atom is 0.359 e. The highest BCUT2D eigenvalue weighted by molar-refractivity contribution is 8.10. The van der Waals surface area contributed by atoms with Crippen LogP contribution in [0.25, 0.3) is 0 Å². The van der Waals surface area contributed by atoms with Crippen molar-refractivity contribution in [2.45, 2.75) is 127 Å². The molecule has 1 saturated heterocycles. The van der Waals surface area contributed by atoms with Crippen molar-refractivity contribution in [3.8, 4) is 0 Å². The molecule has 0 aromatic rings. The molecule has 9 nitrogen and oxygen atoms in total. The second-order valence-electron chi connectivity index (χ2n) is 10.1. The monoisotopic (exact) mass is 530 g/mol. The molecule has 1 fully saturated rings. The average molecular weight is 530 g/mol. The summed E-state index contributed by atoms with van der Waals surface area (Å²) >= 11 is 5.65. The van der Waals surface area contributed by atoms with Gasteiger partial charge in [0.05, 0.1) is 28.6 Å². The van der Waals surface area contributed by atoms with E-state index in [4.69, 9.17) is 33.4 Å². The summed E-state index contributed by atoms with van der Waals surface area (Å²) < 4.78 is 30.2. The summed E-state index contributed by atoms with van der Waals surface area (Å²) in [5.41, 5.74) is -2.56. The number of aliphatic hydroxyl groups is 3. The van der Waals surface area contributed by atoms with Crippen molar-refractivity contribution in [1.82, 2.24) is 0 Å². The second kappa shape index (κ2) is 10.5. The van der Waals surface area contributed by atoms with Gasteiger partial charge in [0.1, 0.15) is 14.0 Å². The molecule has 5 N–H and O–H groups in total. The summed E-state index contributed by atoms with van der Waals surface area (Å²) in [6, 6.07) is -1.04. The molecule has 2 radical (unpaired) electrons. The Balaban J connectivity index is 3.29. The van der Waals surface area contributed by atoms with Crippen LogP contribution in [-0.2, 0) is 30.2 Å². The van der Waals surface area contributed by atoms with E-state index in [0.29, 0.717) is 0 Å². The smallest absolute Gasteiger partial charge is 0.359 e. The third kappa shape index (κ3) is 6.31. The van der Waals surface area contributed by atoms with Gasteiger partial charge in [0.15, 0.2) is 11.8 Å². The van der Waals surface area contributed by atoms with E-state index >= 15 is 0 Å². The lowest BCUT2D eigenvalue weighted by Crippen LogP contribution is -2.52. The fraction of sp³-hybridized carbons (Fsp3) is 1.00. The normalized spacial score (nSPS) is 30.5. The topological polar surface area (TPSA) is 146 Å². The molecule has 0 aromatic carbocycles. The number of rotatable bonds is 12. The van der Waals surface area contributed by atoms with Crippen molar-refractivity contribution in [2.24, 2.45) is 0 Å². The van der Waals surface area contributed by atoms with Crippen molar-refractivity contribution in [1.29, 1.82) is 0 Å². The van der Waals surface area contributed by atoms with Gasteiger partial charge in [0, 0.05) is 12.4 Å². The zero-order valence-corrected chi connectivity index (χ0v) is 23.5. The molecule has 0 saturated carbocycles.